The predicted octanol–water partition coefficient (Wildman–Crippen LogP) is 3.36. The number of amides is 2. The van der Waals surface area contributed by atoms with E-state index >= 15 is 0 Å². The Hall–Kier alpha value is -2.29. The van der Waals surface area contributed by atoms with Gasteiger partial charge in [0.25, 0.3) is 0 Å². The molecule has 1 aliphatic rings. The van der Waals surface area contributed by atoms with E-state index in [4.69, 9.17) is 14.2 Å². The van der Waals surface area contributed by atoms with Crippen molar-refractivity contribution in [3.8, 4) is 17.2 Å². The van der Waals surface area contributed by atoms with E-state index in [1.807, 2.05) is 12.1 Å². The quantitative estimate of drug-likeness (QED) is 0.499. The molecule has 3 rings (SSSR count). The number of benzene rings is 2. The number of imide groups is 1. The van der Waals surface area contributed by atoms with Gasteiger partial charge in [0.2, 0.25) is 11.8 Å². The molecule has 0 bridgehead atoms. The maximum atomic E-state index is 13.1. The normalized spacial score (nSPS) is 16.8. The van der Waals surface area contributed by atoms with Crippen LogP contribution in [0.2, 0.25) is 0 Å². The SMILES string of the molecule is COc1cc(OC)c(C2CC(=O)N(c3ccc(I)cc3)C2=O)c(OC)c1. The van der Waals surface area contributed by atoms with Crippen LogP contribution in [0.1, 0.15) is 17.9 Å². The van der Waals surface area contributed by atoms with Gasteiger partial charge in [-0.05, 0) is 46.9 Å². The molecule has 6 nitrogen and oxygen atoms in total. The summed E-state index contributed by atoms with van der Waals surface area (Å²) < 4.78 is 17.2. The number of hydrogen-bond acceptors (Lipinski definition) is 5. The molecule has 2 amide bonds. The van der Waals surface area contributed by atoms with E-state index in [0.717, 1.165) is 3.57 Å². The van der Waals surface area contributed by atoms with E-state index in [9.17, 15) is 9.59 Å². The number of carbonyl (C=O) groups is 2. The molecule has 136 valence electrons. The lowest BCUT2D eigenvalue weighted by Crippen LogP contribution is -2.30. The Morgan fingerprint density at radius 3 is 2.04 bits per heavy atom. The van der Waals surface area contributed by atoms with Crippen molar-refractivity contribution in [3.05, 3.63) is 45.5 Å². The van der Waals surface area contributed by atoms with Crippen molar-refractivity contribution < 1.29 is 23.8 Å². The van der Waals surface area contributed by atoms with E-state index < -0.39 is 5.92 Å². The Bertz CT molecular complexity index is 825. The van der Waals surface area contributed by atoms with Gasteiger partial charge in [0.1, 0.15) is 17.2 Å². The minimum absolute atomic E-state index is 0.0594. The lowest BCUT2D eigenvalue weighted by Gasteiger charge is -2.19. The van der Waals surface area contributed by atoms with Gasteiger partial charge < -0.3 is 14.2 Å². The zero-order chi connectivity index (χ0) is 18.8. The Kier molecular flexibility index (Phi) is 5.36. The standard InChI is InChI=1S/C19H18INO5/c1-24-13-8-15(25-2)18(16(9-13)26-3)14-10-17(22)21(19(14)23)12-6-4-11(20)5-7-12/h4-9,14H,10H2,1-3H3. The Morgan fingerprint density at radius 1 is 0.962 bits per heavy atom. The summed E-state index contributed by atoms with van der Waals surface area (Å²) in [4.78, 5) is 26.9. The van der Waals surface area contributed by atoms with Gasteiger partial charge in [-0.15, -0.1) is 0 Å². The summed E-state index contributed by atoms with van der Waals surface area (Å²) in [6.45, 7) is 0. The predicted molar refractivity (Wildman–Crippen MR) is 105 cm³/mol. The second-order valence-electron chi connectivity index (χ2n) is 5.75. The first-order chi connectivity index (χ1) is 12.5. The van der Waals surface area contributed by atoms with Crippen LogP contribution in [0.5, 0.6) is 17.2 Å². The zero-order valence-electron chi connectivity index (χ0n) is 14.6. The molecule has 2 aromatic carbocycles. The van der Waals surface area contributed by atoms with Crippen LogP contribution in [0.3, 0.4) is 0 Å². The third-order valence-corrected chi connectivity index (χ3v) is 5.05. The fourth-order valence-corrected chi connectivity index (χ4v) is 3.45. The molecule has 0 spiro atoms. The number of anilines is 1. The maximum absolute atomic E-state index is 13.1. The van der Waals surface area contributed by atoms with E-state index in [-0.39, 0.29) is 18.2 Å². The molecule has 0 saturated carbocycles. The number of ether oxygens (including phenoxy) is 3. The van der Waals surface area contributed by atoms with Crippen LogP contribution in [-0.4, -0.2) is 33.1 Å². The topological polar surface area (TPSA) is 65.1 Å². The number of carbonyl (C=O) groups excluding carboxylic acids is 2. The molecule has 1 unspecified atom stereocenters. The van der Waals surface area contributed by atoms with Crippen molar-refractivity contribution in [2.75, 3.05) is 26.2 Å². The summed E-state index contributed by atoms with van der Waals surface area (Å²) in [5, 5.41) is 0. The molecule has 0 aromatic heterocycles. The van der Waals surface area contributed by atoms with Crippen molar-refractivity contribution in [1.29, 1.82) is 0 Å². The monoisotopic (exact) mass is 467 g/mol. The first-order valence-electron chi connectivity index (χ1n) is 7.92. The minimum Gasteiger partial charge on any atom is -0.496 e. The van der Waals surface area contributed by atoms with Crippen LogP contribution >= 0.6 is 22.6 Å². The largest absolute Gasteiger partial charge is 0.496 e. The third kappa shape index (κ3) is 3.23. The van der Waals surface area contributed by atoms with Gasteiger partial charge in [-0.1, -0.05) is 0 Å². The van der Waals surface area contributed by atoms with Crippen LogP contribution in [0.4, 0.5) is 5.69 Å². The van der Waals surface area contributed by atoms with Crippen LogP contribution < -0.4 is 19.1 Å². The van der Waals surface area contributed by atoms with Gasteiger partial charge in [-0.25, -0.2) is 0 Å². The average Bonchev–Trinajstić information content (AvgIpc) is 2.95. The van der Waals surface area contributed by atoms with E-state index in [0.29, 0.717) is 28.5 Å². The molecule has 1 fully saturated rings. The highest BCUT2D eigenvalue weighted by Crippen LogP contribution is 2.44. The number of nitrogens with zero attached hydrogens (tertiary/aromatic N) is 1. The summed E-state index contributed by atoms with van der Waals surface area (Å²) in [6, 6.07) is 10.6. The molecular formula is C19H18INO5. The summed E-state index contributed by atoms with van der Waals surface area (Å²) in [6.07, 6.45) is 0.0594. The van der Waals surface area contributed by atoms with Gasteiger partial charge in [0, 0.05) is 27.7 Å². The molecule has 1 heterocycles. The highest BCUT2D eigenvalue weighted by Gasteiger charge is 2.43. The van der Waals surface area contributed by atoms with Crippen molar-refractivity contribution >= 4 is 40.1 Å². The van der Waals surface area contributed by atoms with Crippen LogP contribution in [0, 0.1) is 3.57 Å². The molecular weight excluding hydrogens is 449 g/mol. The summed E-state index contributed by atoms with van der Waals surface area (Å²) >= 11 is 2.18. The smallest absolute Gasteiger partial charge is 0.242 e. The summed E-state index contributed by atoms with van der Waals surface area (Å²) in [7, 11) is 4.56. The number of hydrogen-bond donors (Lipinski definition) is 0. The molecule has 1 atom stereocenters. The molecule has 0 aliphatic carbocycles. The van der Waals surface area contributed by atoms with Gasteiger partial charge in [-0.2, -0.15) is 0 Å². The molecule has 2 aromatic rings. The minimum atomic E-state index is -0.669. The molecule has 7 heteroatoms. The van der Waals surface area contributed by atoms with Crippen LogP contribution in [-0.2, 0) is 9.59 Å². The fourth-order valence-electron chi connectivity index (χ4n) is 3.09. The summed E-state index contributed by atoms with van der Waals surface area (Å²) in [5.41, 5.74) is 1.12. The molecule has 0 radical (unpaired) electrons. The highest BCUT2D eigenvalue weighted by atomic mass is 127. The maximum Gasteiger partial charge on any atom is 0.242 e. The van der Waals surface area contributed by atoms with Crippen molar-refractivity contribution in [2.45, 2.75) is 12.3 Å². The van der Waals surface area contributed by atoms with Crippen molar-refractivity contribution in [2.24, 2.45) is 0 Å². The van der Waals surface area contributed by atoms with Gasteiger partial charge >= 0.3 is 0 Å². The highest BCUT2D eigenvalue weighted by molar-refractivity contribution is 14.1. The number of rotatable bonds is 5. The van der Waals surface area contributed by atoms with E-state index in [1.165, 1.54) is 26.2 Å². The van der Waals surface area contributed by atoms with Gasteiger partial charge in [0.15, 0.2) is 0 Å². The van der Waals surface area contributed by atoms with E-state index in [2.05, 4.69) is 22.6 Å². The molecule has 1 aliphatic heterocycles. The third-order valence-electron chi connectivity index (χ3n) is 4.33. The first kappa shape index (κ1) is 18.5. The van der Waals surface area contributed by atoms with Crippen molar-refractivity contribution in [1.82, 2.24) is 0 Å². The lowest BCUT2D eigenvalue weighted by molar-refractivity contribution is -0.121. The van der Waals surface area contributed by atoms with Crippen molar-refractivity contribution in [3.63, 3.8) is 0 Å². The van der Waals surface area contributed by atoms with E-state index in [1.54, 1.807) is 24.3 Å². The van der Waals surface area contributed by atoms with Crippen LogP contribution in [0.15, 0.2) is 36.4 Å². The molecule has 0 N–H and O–H groups in total. The number of methoxy groups -OCH3 is 3. The second-order valence-corrected chi connectivity index (χ2v) is 6.99. The molecule has 26 heavy (non-hydrogen) atoms. The number of halogens is 1. The second kappa shape index (κ2) is 7.53. The Labute approximate surface area is 165 Å². The Morgan fingerprint density at radius 2 is 1.54 bits per heavy atom. The first-order valence-corrected chi connectivity index (χ1v) is 9.00. The zero-order valence-corrected chi connectivity index (χ0v) is 16.8. The Balaban J connectivity index is 2.04. The van der Waals surface area contributed by atoms with Crippen LogP contribution in [0.25, 0.3) is 0 Å². The fraction of sp³-hybridized carbons (Fsp3) is 0.263. The average molecular weight is 467 g/mol. The lowest BCUT2D eigenvalue weighted by atomic mass is 9.95. The molecule has 1 saturated heterocycles. The van der Waals surface area contributed by atoms with Gasteiger partial charge in [0.05, 0.1) is 32.9 Å². The summed E-state index contributed by atoms with van der Waals surface area (Å²) in [5.74, 6) is 0.249. The van der Waals surface area contributed by atoms with Gasteiger partial charge in [-0.3, -0.25) is 14.5 Å².